The molecule has 0 aromatic heterocycles. The number of hydrogen-bond acceptors (Lipinski definition) is 3. The summed E-state index contributed by atoms with van der Waals surface area (Å²) >= 11 is 0. The second-order valence-corrected chi connectivity index (χ2v) is 2.33. The molecule has 0 amide bonds. The van der Waals surface area contributed by atoms with Gasteiger partial charge in [-0.2, -0.15) is 0 Å². The van der Waals surface area contributed by atoms with Crippen LogP contribution in [0.4, 0.5) is 5.69 Å². The smallest absolute Gasteiger partial charge is 0.0873 e. The minimum Gasteiger partial charge on any atom is -0.411 e. The summed E-state index contributed by atoms with van der Waals surface area (Å²) in [7, 11) is 0. The summed E-state index contributed by atoms with van der Waals surface area (Å²) < 4.78 is 0. The van der Waals surface area contributed by atoms with Crippen molar-refractivity contribution in [1.82, 2.24) is 0 Å². The first-order valence-corrected chi connectivity index (χ1v) is 3.60. The lowest BCUT2D eigenvalue weighted by Crippen LogP contribution is -1.90. The molecule has 0 aliphatic carbocycles. The second-order valence-electron chi connectivity index (χ2n) is 2.33. The Hall–Kier alpha value is -1.64. The van der Waals surface area contributed by atoms with Crippen LogP contribution in [0.2, 0.25) is 0 Å². The van der Waals surface area contributed by atoms with Gasteiger partial charge in [-0.15, -0.1) is 0 Å². The molecular weight excluding hydrogens is 152 g/mol. The van der Waals surface area contributed by atoms with Crippen LogP contribution in [0.15, 0.2) is 40.5 Å². The van der Waals surface area contributed by atoms with E-state index in [-0.39, 0.29) is 0 Å². The molecule has 3 heteroatoms. The molecule has 3 nitrogen and oxygen atoms in total. The Morgan fingerprint density at radius 2 is 2.00 bits per heavy atom. The fourth-order valence-electron chi connectivity index (χ4n) is 0.819. The van der Waals surface area contributed by atoms with Gasteiger partial charge in [0.2, 0.25) is 0 Å². The average molecular weight is 162 g/mol. The second kappa shape index (κ2) is 4.28. The first-order valence-electron chi connectivity index (χ1n) is 3.60. The molecular formula is C9H10N2O. The molecule has 1 aromatic carbocycles. The maximum absolute atomic E-state index is 8.20. The lowest BCUT2D eigenvalue weighted by Gasteiger charge is -1.92. The van der Waals surface area contributed by atoms with Gasteiger partial charge < -0.3 is 5.21 Å². The van der Waals surface area contributed by atoms with Gasteiger partial charge in [0, 0.05) is 0 Å². The quantitative estimate of drug-likeness (QED) is 0.404. The van der Waals surface area contributed by atoms with Crippen molar-refractivity contribution in [3.05, 3.63) is 30.3 Å². The minimum atomic E-state index is 0.670. The Labute approximate surface area is 71.1 Å². The molecule has 0 bridgehead atoms. The Morgan fingerprint density at radius 1 is 1.33 bits per heavy atom. The van der Waals surface area contributed by atoms with Crippen molar-refractivity contribution < 1.29 is 5.21 Å². The molecule has 0 aliphatic heterocycles. The summed E-state index contributed by atoms with van der Waals surface area (Å²) in [5, 5.41) is 11.1. The summed E-state index contributed by atoms with van der Waals surface area (Å²) in [5.74, 6) is 0. The van der Waals surface area contributed by atoms with Gasteiger partial charge in [-0.05, 0) is 19.1 Å². The van der Waals surface area contributed by atoms with Gasteiger partial charge in [0.05, 0.1) is 17.6 Å². The summed E-state index contributed by atoms with van der Waals surface area (Å²) in [4.78, 5) is 4.16. The topological polar surface area (TPSA) is 45.0 Å². The fourth-order valence-corrected chi connectivity index (χ4v) is 0.819. The molecule has 1 aromatic rings. The van der Waals surface area contributed by atoms with Gasteiger partial charge in [0.15, 0.2) is 0 Å². The predicted molar refractivity (Wildman–Crippen MR) is 49.5 cm³/mol. The van der Waals surface area contributed by atoms with Crippen molar-refractivity contribution in [1.29, 1.82) is 0 Å². The number of hydrogen-bond donors (Lipinski definition) is 1. The minimum absolute atomic E-state index is 0.670. The van der Waals surface area contributed by atoms with Crippen LogP contribution in [0, 0.1) is 0 Å². The standard InChI is InChI=1S/C9H10N2O/c1-8(7-10-12)11-9-5-3-2-4-6-9/h2-7,12H,1H3/b10-7+,11-8?. The number of oxime groups is 1. The van der Waals surface area contributed by atoms with Gasteiger partial charge in [-0.1, -0.05) is 23.4 Å². The molecule has 62 valence electrons. The zero-order valence-electron chi connectivity index (χ0n) is 6.81. The number of aliphatic imine (C=N–C) groups is 1. The zero-order chi connectivity index (χ0) is 8.81. The van der Waals surface area contributed by atoms with Crippen LogP contribution < -0.4 is 0 Å². The van der Waals surface area contributed by atoms with Gasteiger partial charge in [0.25, 0.3) is 0 Å². The average Bonchev–Trinajstić information content (AvgIpc) is 2.06. The molecule has 0 radical (unpaired) electrons. The van der Waals surface area contributed by atoms with Crippen molar-refractivity contribution in [3.63, 3.8) is 0 Å². The highest BCUT2D eigenvalue weighted by Crippen LogP contribution is 2.09. The molecule has 1 N–H and O–H groups in total. The highest BCUT2D eigenvalue weighted by Gasteiger charge is 1.87. The molecule has 12 heavy (non-hydrogen) atoms. The summed E-state index contributed by atoms with van der Waals surface area (Å²) in [6, 6.07) is 9.50. The summed E-state index contributed by atoms with van der Waals surface area (Å²) in [5.41, 5.74) is 1.53. The molecule has 0 spiro atoms. The molecule has 0 saturated heterocycles. The van der Waals surface area contributed by atoms with Crippen LogP contribution in [-0.2, 0) is 0 Å². The maximum atomic E-state index is 8.20. The van der Waals surface area contributed by atoms with Crippen molar-refractivity contribution >= 4 is 17.6 Å². The molecule has 0 unspecified atom stereocenters. The maximum Gasteiger partial charge on any atom is 0.0873 e. The van der Waals surface area contributed by atoms with Crippen molar-refractivity contribution in [2.45, 2.75) is 6.92 Å². The molecule has 0 atom stereocenters. The van der Waals surface area contributed by atoms with Crippen LogP contribution in [0.3, 0.4) is 0 Å². The van der Waals surface area contributed by atoms with E-state index in [0.717, 1.165) is 5.69 Å². The van der Waals surface area contributed by atoms with Gasteiger partial charge in [-0.3, -0.25) is 4.99 Å². The first-order chi connectivity index (χ1) is 5.83. The molecule has 1 rings (SSSR count). The third kappa shape index (κ3) is 2.54. The van der Waals surface area contributed by atoms with Gasteiger partial charge >= 0.3 is 0 Å². The number of nitrogens with zero attached hydrogens (tertiary/aromatic N) is 2. The largest absolute Gasteiger partial charge is 0.411 e. The van der Waals surface area contributed by atoms with E-state index in [1.165, 1.54) is 6.21 Å². The van der Waals surface area contributed by atoms with E-state index >= 15 is 0 Å². The lowest BCUT2D eigenvalue weighted by molar-refractivity contribution is 0.322. The van der Waals surface area contributed by atoms with Crippen LogP contribution >= 0.6 is 0 Å². The van der Waals surface area contributed by atoms with Crippen molar-refractivity contribution in [2.75, 3.05) is 0 Å². The van der Waals surface area contributed by atoms with E-state index in [0.29, 0.717) is 5.71 Å². The third-order valence-corrected chi connectivity index (χ3v) is 1.31. The first kappa shape index (κ1) is 8.46. The third-order valence-electron chi connectivity index (χ3n) is 1.31. The highest BCUT2D eigenvalue weighted by molar-refractivity contribution is 6.29. The zero-order valence-corrected chi connectivity index (χ0v) is 6.81. The van der Waals surface area contributed by atoms with Crippen LogP contribution in [-0.4, -0.2) is 17.1 Å². The van der Waals surface area contributed by atoms with Crippen LogP contribution in [0.1, 0.15) is 6.92 Å². The number of para-hydroxylation sites is 1. The van der Waals surface area contributed by atoms with E-state index in [4.69, 9.17) is 5.21 Å². The van der Waals surface area contributed by atoms with Crippen molar-refractivity contribution in [3.8, 4) is 0 Å². The Balaban J connectivity index is 2.81. The monoisotopic (exact) mass is 162 g/mol. The predicted octanol–water partition coefficient (Wildman–Crippen LogP) is 2.24. The fraction of sp³-hybridized carbons (Fsp3) is 0.111. The normalized spacial score (nSPS) is 12.2. The van der Waals surface area contributed by atoms with Gasteiger partial charge in [-0.25, -0.2) is 0 Å². The lowest BCUT2D eigenvalue weighted by atomic mass is 10.3. The number of rotatable bonds is 2. The SMILES string of the molecule is CC(/C=N/O)=Nc1ccccc1. The summed E-state index contributed by atoms with van der Waals surface area (Å²) in [6.07, 6.45) is 1.30. The number of benzene rings is 1. The van der Waals surface area contributed by atoms with Crippen LogP contribution in [0.5, 0.6) is 0 Å². The molecule has 0 fully saturated rings. The van der Waals surface area contributed by atoms with E-state index in [2.05, 4.69) is 10.1 Å². The van der Waals surface area contributed by atoms with Crippen molar-refractivity contribution in [2.24, 2.45) is 10.1 Å². The van der Waals surface area contributed by atoms with E-state index < -0.39 is 0 Å². The van der Waals surface area contributed by atoms with Crippen LogP contribution in [0.25, 0.3) is 0 Å². The Morgan fingerprint density at radius 3 is 2.58 bits per heavy atom. The highest BCUT2D eigenvalue weighted by atomic mass is 16.4. The molecule has 0 saturated carbocycles. The van der Waals surface area contributed by atoms with E-state index in [1.54, 1.807) is 6.92 Å². The van der Waals surface area contributed by atoms with Gasteiger partial charge in [0.1, 0.15) is 0 Å². The Kier molecular flexibility index (Phi) is 3.02. The van der Waals surface area contributed by atoms with E-state index in [9.17, 15) is 0 Å². The summed E-state index contributed by atoms with van der Waals surface area (Å²) in [6.45, 7) is 1.77. The Bertz CT molecular complexity index is 291. The molecule has 0 heterocycles. The van der Waals surface area contributed by atoms with E-state index in [1.807, 2.05) is 30.3 Å². The molecule has 0 aliphatic rings.